The first-order chi connectivity index (χ1) is 14.4. The minimum Gasteiger partial charge on any atom is -0.419 e. The average Bonchev–Trinajstić information content (AvgIpc) is 3.13. The average molecular weight is 427 g/mol. The van der Waals surface area contributed by atoms with Crippen LogP contribution in [-0.2, 0) is 11.3 Å². The Kier molecular flexibility index (Phi) is 7.24. The molecule has 2 aromatic carbocycles. The van der Waals surface area contributed by atoms with Gasteiger partial charge in [-0.3, -0.25) is 9.69 Å². The summed E-state index contributed by atoms with van der Waals surface area (Å²) in [5.74, 6) is 0.764. The molecular formula is C23H27ClN4O2. The number of anilines is 1. The van der Waals surface area contributed by atoms with Crippen LogP contribution in [0.15, 0.2) is 40.8 Å². The molecule has 30 heavy (non-hydrogen) atoms. The third kappa shape index (κ3) is 5.46. The van der Waals surface area contributed by atoms with Gasteiger partial charge in [0.05, 0.1) is 23.7 Å². The van der Waals surface area contributed by atoms with E-state index in [1.54, 1.807) is 6.07 Å². The number of nitrogens with zero attached hydrogens (tertiary/aromatic N) is 3. The first-order valence-corrected chi connectivity index (χ1v) is 10.4. The van der Waals surface area contributed by atoms with E-state index in [0.29, 0.717) is 28.9 Å². The number of amides is 1. The van der Waals surface area contributed by atoms with Crippen molar-refractivity contribution in [2.75, 3.05) is 18.4 Å². The van der Waals surface area contributed by atoms with Gasteiger partial charge in [0.2, 0.25) is 17.7 Å². The summed E-state index contributed by atoms with van der Waals surface area (Å²) in [5.41, 5.74) is 4.87. The van der Waals surface area contributed by atoms with E-state index in [4.69, 9.17) is 16.0 Å². The summed E-state index contributed by atoms with van der Waals surface area (Å²) in [6.45, 7) is 9.51. The zero-order chi connectivity index (χ0) is 21.7. The summed E-state index contributed by atoms with van der Waals surface area (Å²) in [7, 11) is 0. The van der Waals surface area contributed by atoms with E-state index in [1.807, 2.05) is 36.9 Å². The van der Waals surface area contributed by atoms with Gasteiger partial charge in [-0.25, -0.2) is 0 Å². The maximum atomic E-state index is 12.7. The first kappa shape index (κ1) is 22.0. The summed E-state index contributed by atoms with van der Waals surface area (Å²) >= 11 is 6.21. The normalized spacial score (nSPS) is 11.1. The standard InChI is InChI=1S/C23H27ClN4O2/c1-5-10-28(13-20(29)25-22-16(3)11-15(2)12-17(22)4)14-21-26-27-23(30-21)18-8-6-7-9-19(18)24/h6-9,11-12H,5,10,13-14H2,1-4H3,(H,25,29). The van der Waals surface area contributed by atoms with E-state index < -0.39 is 0 Å². The molecule has 1 N–H and O–H groups in total. The molecular weight excluding hydrogens is 400 g/mol. The van der Waals surface area contributed by atoms with Gasteiger partial charge >= 0.3 is 0 Å². The Morgan fingerprint density at radius 3 is 2.50 bits per heavy atom. The zero-order valence-corrected chi connectivity index (χ0v) is 18.6. The minimum absolute atomic E-state index is 0.0654. The highest BCUT2D eigenvalue weighted by molar-refractivity contribution is 6.33. The van der Waals surface area contributed by atoms with Crippen LogP contribution in [0, 0.1) is 20.8 Å². The molecule has 0 aliphatic rings. The molecule has 158 valence electrons. The predicted molar refractivity (Wildman–Crippen MR) is 120 cm³/mol. The third-order valence-corrected chi connectivity index (χ3v) is 5.11. The predicted octanol–water partition coefficient (Wildman–Crippen LogP) is 5.17. The Labute approximate surface area is 182 Å². The van der Waals surface area contributed by atoms with Crippen LogP contribution in [0.2, 0.25) is 5.02 Å². The lowest BCUT2D eigenvalue weighted by molar-refractivity contribution is -0.117. The number of hydrogen-bond acceptors (Lipinski definition) is 5. The van der Waals surface area contributed by atoms with Gasteiger partial charge in [0.15, 0.2) is 0 Å². The SMILES string of the molecule is CCCN(CC(=O)Nc1c(C)cc(C)cc1C)Cc1nnc(-c2ccccc2Cl)o1. The van der Waals surface area contributed by atoms with Crippen molar-refractivity contribution in [3.05, 3.63) is 64.0 Å². The molecule has 1 aromatic heterocycles. The van der Waals surface area contributed by atoms with Crippen LogP contribution < -0.4 is 5.32 Å². The highest BCUT2D eigenvalue weighted by Gasteiger charge is 2.17. The van der Waals surface area contributed by atoms with Gasteiger partial charge in [-0.05, 0) is 57.0 Å². The Balaban J connectivity index is 1.68. The van der Waals surface area contributed by atoms with Gasteiger partial charge in [-0.2, -0.15) is 0 Å². The lowest BCUT2D eigenvalue weighted by Crippen LogP contribution is -2.33. The van der Waals surface area contributed by atoms with Crippen molar-refractivity contribution in [3.8, 4) is 11.5 Å². The van der Waals surface area contributed by atoms with Crippen LogP contribution in [0.25, 0.3) is 11.5 Å². The number of nitrogens with one attached hydrogen (secondary N) is 1. The molecule has 0 aliphatic carbocycles. The summed E-state index contributed by atoms with van der Waals surface area (Å²) in [4.78, 5) is 14.7. The van der Waals surface area contributed by atoms with Gasteiger partial charge in [0.1, 0.15) is 0 Å². The van der Waals surface area contributed by atoms with Crippen molar-refractivity contribution >= 4 is 23.2 Å². The summed E-state index contributed by atoms with van der Waals surface area (Å²) in [6, 6.07) is 11.5. The lowest BCUT2D eigenvalue weighted by Gasteiger charge is -2.20. The maximum Gasteiger partial charge on any atom is 0.249 e. The fraction of sp³-hybridized carbons (Fsp3) is 0.348. The number of aryl methyl sites for hydroxylation is 3. The Morgan fingerprint density at radius 1 is 1.13 bits per heavy atom. The van der Waals surface area contributed by atoms with Crippen LogP contribution in [-0.4, -0.2) is 34.1 Å². The zero-order valence-electron chi connectivity index (χ0n) is 17.8. The molecule has 0 atom stereocenters. The van der Waals surface area contributed by atoms with Crippen LogP contribution in [0.3, 0.4) is 0 Å². The van der Waals surface area contributed by atoms with E-state index in [1.165, 1.54) is 5.56 Å². The summed E-state index contributed by atoms with van der Waals surface area (Å²) < 4.78 is 5.80. The summed E-state index contributed by atoms with van der Waals surface area (Å²) in [5, 5.41) is 11.9. The van der Waals surface area contributed by atoms with E-state index in [0.717, 1.165) is 29.8 Å². The minimum atomic E-state index is -0.0654. The molecule has 0 spiro atoms. The molecule has 0 aliphatic heterocycles. The number of carbonyl (C=O) groups is 1. The maximum absolute atomic E-state index is 12.7. The highest BCUT2D eigenvalue weighted by Crippen LogP contribution is 2.26. The van der Waals surface area contributed by atoms with Gasteiger partial charge in [0.25, 0.3) is 0 Å². The first-order valence-electron chi connectivity index (χ1n) is 10.0. The smallest absolute Gasteiger partial charge is 0.249 e. The van der Waals surface area contributed by atoms with Crippen molar-refractivity contribution in [1.82, 2.24) is 15.1 Å². The van der Waals surface area contributed by atoms with Crippen molar-refractivity contribution in [3.63, 3.8) is 0 Å². The number of benzene rings is 2. The van der Waals surface area contributed by atoms with Gasteiger partial charge < -0.3 is 9.73 Å². The number of aromatic nitrogens is 2. The molecule has 0 unspecified atom stereocenters. The number of carbonyl (C=O) groups excluding carboxylic acids is 1. The molecule has 0 radical (unpaired) electrons. The number of rotatable bonds is 8. The molecule has 0 fully saturated rings. The molecule has 3 aromatic rings. The van der Waals surface area contributed by atoms with Gasteiger partial charge in [-0.1, -0.05) is 48.4 Å². The van der Waals surface area contributed by atoms with Crippen LogP contribution in [0.4, 0.5) is 5.69 Å². The lowest BCUT2D eigenvalue weighted by atomic mass is 10.1. The Morgan fingerprint density at radius 2 is 1.83 bits per heavy atom. The second-order valence-electron chi connectivity index (χ2n) is 7.51. The molecule has 7 heteroatoms. The topological polar surface area (TPSA) is 71.3 Å². The molecule has 1 amide bonds. The largest absolute Gasteiger partial charge is 0.419 e. The number of halogens is 1. The fourth-order valence-electron chi connectivity index (χ4n) is 3.54. The Hall–Kier alpha value is -2.70. The molecule has 0 saturated carbocycles. The fourth-order valence-corrected chi connectivity index (χ4v) is 3.76. The van der Waals surface area contributed by atoms with E-state index in [9.17, 15) is 4.79 Å². The second kappa shape index (κ2) is 9.87. The van der Waals surface area contributed by atoms with E-state index >= 15 is 0 Å². The van der Waals surface area contributed by atoms with E-state index in [-0.39, 0.29) is 12.5 Å². The van der Waals surface area contributed by atoms with Crippen molar-refractivity contribution in [2.24, 2.45) is 0 Å². The molecule has 6 nitrogen and oxygen atoms in total. The summed E-state index contributed by atoms with van der Waals surface area (Å²) in [6.07, 6.45) is 0.904. The van der Waals surface area contributed by atoms with Crippen molar-refractivity contribution < 1.29 is 9.21 Å². The Bertz CT molecular complexity index is 1010. The molecule has 0 saturated heterocycles. The molecule has 0 bridgehead atoms. The third-order valence-electron chi connectivity index (χ3n) is 4.78. The van der Waals surface area contributed by atoms with Crippen LogP contribution >= 0.6 is 11.6 Å². The molecule has 1 heterocycles. The van der Waals surface area contributed by atoms with E-state index in [2.05, 4.69) is 41.5 Å². The monoisotopic (exact) mass is 426 g/mol. The van der Waals surface area contributed by atoms with Crippen molar-refractivity contribution in [1.29, 1.82) is 0 Å². The number of hydrogen-bond donors (Lipinski definition) is 1. The van der Waals surface area contributed by atoms with Crippen LogP contribution in [0.5, 0.6) is 0 Å². The van der Waals surface area contributed by atoms with Crippen LogP contribution in [0.1, 0.15) is 35.9 Å². The van der Waals surface area contributed by atoms with Gasteiger partial charge in [0, 0.05) is 5.69 Å². The quantitative estimate of drug-likeness (QED) is 0.538. The van der Waals surface area contributed by atoms with Gasteiger partial charge in [-0.15, -0.1) is 10.2 Å². The second-order valence-corrected chi connectivity index (χ2v) is 7.92. The highest BCUT2D eigenvalue weighted by atomic mass is 35.5. The molecule has 3 rings (SSSR count). The van der Waals surface area contributed by atoms with Crippen molar-refractivity contribution in [2.45, 2.75) is 40.7 Å².